The Labute approximate surface area is 126 Å². The van der Waals surface area contributed by atoms with Crippen LogP contribution in [0, 0.1) is 5.92 Å². The van der Waals surface area contributed by atoms with Crippen molar-refractivity contribution >= 4 is 17.7 Å². The smallest absolute Gasteiger partial charge is 0.309 e. The maximum absolute atomic E-state index is 11.0. The van der Waals surface area contributed by atoms with Crippen molar-refractivity contribution < 1.29 is 15.0 Å². The average molecular weight is 308 g/mol. The molecule has 0 spiro atoms. The molecule has 0 bridgehead atoms. The van der Waals surface area contributed by atoms with Crippen LogP contribution >= 0.6 is 11.8 Å². The number of carboxylic acid groups (broad SMARTS) is 1. The first-order valence-electron chi connectivity index (χ1n) is 6.51. The Balaban J connectivity index is 2.05. The topological polar surface area (TPSA) is 101 Å². The number of hydrogen-bond donors (Lipinski definition) is 2. The zero-order valence-electron chi connectivity index (χ0n) is 11.5. The fourth-order valence-electron chi connectivity index (χ4n) is 1.89. The summed E-state index contributed by atoms with van der Waals surface area (Å²) >= 11 is 1.23. The molecule has 2 rings (SSSR count). The van der Waals surface area contributed by atoms with Crippen molar-refractivity contribution in [1.82, 2.24) is 20.2 Å². The maximum Gasteiger partial charge on any atom is 0.309 e. The van der Waals surface area contributed by atoms with Crippen molar-refractivity contribution in [2.45, 2.75) is 24.6 Å². The number of nitrogens with zero attached hydrogens (tertiary/aromatic N) is 4. The molecule has 2 aromatic rings. The fraction of sp³-hybridized carbons (Fsp3) is 0.385. The molecule has 7 nitrogen and oxygen atoms in total. The Morgan fingerprint density at radius 3 is 2.71 bits per heavy atom. The van der Waals surface area contributed by atoms with Gasteiger partial charge in [-0.25, -0.2) is 0 Å². The minimum absolute atomic E-state index is 0.220. The molecule has 0 amide bonds. The molecule has 0 saturated carbocycles. The number of carbonyl (C=O) groups is 1. The van der Waals surface area contributed by atoms with Crippen LogP contribution in [0.5, 0.6) is 0 Å². The summed E-state index contributed by atoms with van der Waals surface area (Å²) in [5, 5.41) is 30.9. The monoisotopic (exact) mass is 308 g/mol. The molecule has 0 aliphatic carbocycles. The Morgan fingerprint density at radius 1 is 1.38 bits per heavy atom. The number of hydrogen-bond acceptors (Lipinski definition) is 6. The van der Waals surface area contributed by atoms with Crippen LogP contribution in [0.3, 0.4) is 0 Å². The molecule has 112 valence electrons. The Bertz CT molecular complexity index is 590. The highest BCUT2D eigenvalue weighted by atomic mass is 32.2. The third-order valence-corrected chi connectivity index (χ3v) is 4.07. The summed E-state index contributed by atoms with van der Waals surface area (Å²) in [7, 11) is 0. The average Bonchev–Trinajstić information content (AvgIpc) is 2.95. The molecule has 2 N–H and O–H groups in total. The second-order valence-electron chi connectivity index (χ2n) is 4.44. The first kappa shape index (κ1) is 15.5. The van der Waals surface area contributed by atoms with Gasteiger partial charge in [-0.15, -0.1) is 5.10 Å². The Morgan fingerprint density at radius 2 is 2.10 bits per heavy atom. The summed E-state index contributed by atoms with van der Waals surface area (Å²) < 4.78 is 1.55. The van der Waals surface area contributed by atoms with Gasteiger partial charge < -0.3 is 10.2 Å². The number of aromatic nitrogens is 4. The van der Waals surface area contributed by atoms with E-state index in [1.54, 1.807) is 11.6 Å². The lowest BCUT2D eigenvalue weighted by atomic mass is 10.0. The number of thioether (sulfide) groups is 1. The number of aliphatic hydroxyl groups is 1. The molecule has 0 radical (unpaired) electrons. The normalized spacial score (nSPS) is 13.8. The molecule has 0 fully saturated rings. The molecule has 21 heavy (non-hydrogen) atoms. The SMILES string of the molecule is CCC(C(=O)O)C(O)CSc1nnnn1-c1ccccc1. The van der Waals surface area contributed by atoms with Gasteiger partial charge in [-0.3, -0.25) is 4.79 Å². The molecule has 1 aromatic carbocycles. The van der Waals surface area contributed by atoms with Crippen molar-refractivity contribution in [3.05, 3.63) is 30.3 Å². The zero-order valence-corrected chi connectivity index (χ0v) is 12.3. The van der Waals surface area contributed by atoms with Crippen LogP contribution < -0.4 is 0 Å². The van der Waals surface area contributed by atoms with Crippen LogP contribution in [0.1, 0.15) is 13.3 Å². The number of benzene rings is 1. The lowest BCUT2D eigenvalue weighted by Gasteiger charge is -2.16. The van der Waals surface area contributed by atoms with E-state index in [0.717, 1.165) is 5.69 Å². The van der Waals surface area contributed by atoms with Gasteiger partial charge in [0.2, 0.25) is 5.16 Å². The third-order valence-electron chi connectivity index (χ3n) is 3.05. The van der Waals surface area contributed by atoms with E-state index in [4.69, 9.17) is 5.11 Å². The van der Waals surface area contributed by atoms with Gasteiger partial charge in [0.25, 0.3) is 0 Å². The summed E-state index contributed by atoms with van der Waals surface area (Å²) in [6, 6.07) is 9.37. The minimum Gasteiger partial charge on any atom is -0.481 e. The Hall–Kier alpha value is -1.93. The van der Waals surface area contributed by atoms with Crippen LogP contribution in [0.2, 0.25) is 0 Å². The van der Waals surface area contributed by atoms with Gasteiger partial charge >= 0.3 is 5.97 Å². The molecule has 1 heterocycles. The lowest BCUT2D eigenvalue weighted by Crippen LogP contribution is -2.29. The van der Waals surface area contributed by atoms with E-state index in [1.807, 2.05) is 30.3 Å². The number of aliphatic carboxylic acids is 1. The molecule has 2 unspecified atom stereocenters. The number of para-hydroxylation sites is 1. The van der Waals surface area contributed by atoms with Gasteiger partial charge in [-0.1, -0.05) is 36.9 Å². The van der Waals surface area contributed by atoms with Gasteiger partial charge in [0.05, 0.1) is 17.7 Å². The summed E-state index contributed by atoms with van der Waals surface area (Å²) in [5.74, 6) is -1.55. The van der Waals surface area contributed by atoms with Gasteiger partial charge in [0.15, 0.2) is 0 Å². The van der Waals surface area contributed by atoms with Crippen LogP contribution in [-0.4, -0.2) is 48.2 Å². The number of carboxylic acids is 1. The molecule has 0 aliphatic heterocycles. The molecule has 1 aromatic heterocycles. The zero-order chi connectivity index (χ0) is 15.2. The summed E-state index contributed by atoms with van der Waals surface area (Å²) in [6.45, 7) is 1.74. The van der Waals surface area contributed by atoms with E-state index in [-0.39, 0.29) is 5.75 Å². The van der Waals surface area contributed by atoms with Gasteiger partial charge in [0, 0.05) is 5.75 Å². The maximum atomic E-state index is 11.0. The second-order valence-corrected chi connectivity index (χ2v) is 5.43. The number of rotatable bonds is 7. The number of tetrazole rings is 1. The first-order chi connectivity index (χ1) is 10.1. The van der Waals surface area contributed by atoms with Crippen molar-refractivity contribution in [3.8, 4) is 5.69 Å². The highest BCUT2D eigenvalue weighted by Crippen LogP contribution is 2.21. The quantitative estimate of drug-likeness (QED) is 0.742. The first-order valence-corrected chi connectivity index (χ1v) is 7.49. The molecular weight excluding hydrogens is 292 g/mol. The van der Waals surface area contributed by atoms with E-state index in [1.165, 1.54) is 11.8 Å². The van der Waals surface area contributed by atoms with Crippen LogP contribution in [0.4, 0.5) is 0 Å². The van der Waals surface area contributed by atoms with E-state index in [9.17, 15) is 9.90 Å². The van der Waals surface area contributed by atoms with Gasteiger partial charge in [-0.2, -0.15) is 4.68 Å². The molecule has 8 heteroatoms. The van der Waals surface area contributed by atoms with Crippen LogP contribution in [0.15, 0.2) is 35.5 Å². The second kappa shape index (κ2) is 7.19. The number of aliphatic hydroxyl groups excluding tert-OH is 1. The van der Waals surface area contributed by atoms with Gasteiger partial charge in [0.1, 0.15) is 0 Å². The summed E-state index contributed by atoms with van der Waals surface area (Å²) in [4.78, 5) is 11.0. The molecular formula is C13H16N4O3S. The lowest BCUT2D eigenvalue weighted by molar-refractivity contribution is -0.145. The molecule has 0 aliphatic rings. The van der Waals surface area contributed by atoms with E-state index in [2.05, 4.69) is 15.5 Å². The predicted molar refractivity (Wildman–Crippen MR) is 77.3 cm³/mol. The van der Waals surface area contributed by atoms with Crippen molar-refractivity contribution in [2.75, 3.05) is 5.75 Å². The minimum atomic E-state index is -0.992. The molecule has 0 saturated heterocycles. The summed E-state index contributed by atoms with van der Waals surface area (Å²) in [6.07, 6.45) is -0.570. The largest absolute Gasteiger partial charge is 0.481 e. The van der Waals surface area contributed by atoms with Crippen molar-refractivity contribution in [3.63, 3.8) is 0 Å². The summed E-state index contributed by atoms with van der Waals surface area (Å²) in [5.41, 5.74) is 0.810. The van der Waals surface area contributed by atoms with E-state index >= 15 is 0 Å². The van der Waals surface area contributed by atoms with Crippen LogP contribution in [0.25, 0.3) is 5.69 Å². The Kier molecular flexibility index (Phi) is 5.29. The highest BCUT2D eigenvalue weighted by molar-refractivity contribution is 7.99. The van der Waals surface area contributed by atoms with E-state index in [0.29, 0.717) is 11.6 Å². The standard InChI is InChI=1S/C13H16N4O3S/c1-2-10(12(19)20)11(18)8-21-13-14-15-16-17(13)9-6-4-3-5-7-9/h3-7,10-11,18H,2,8H2,1H3,(H,19,20). The van der Waals surface area contributed by atoms with Crippen LogP contribution in [-0.2, 0) is 4.79 Å². The van der Waals surface area contributed by atoms with Crippen molar-refractivity contribution in [1.29, 1.82) is 0 Å². The fourth-order valence-corrected chi connectivity index (χ4v) is 2.80. The predicted octanol–water partition coefficient (Wildman–Crippen LogP) is 1.23. The van der Waals surface area contributed by atoms with Crippen molar-refractivity contribution in [2.24, 2.45) is 5.92 Å². The molecule has 2 atom stereocenters. The highest BCUT2D eigenvalue weighted by Gasteiger charge is 2.25. The van der Waals surface area contributed by atoms with E-state index < -0.39 is 18.0 Å². The third kappa shape index (κ3) is 3.79. The van der Waals surface area contributed by atoms with Gasteiger partial charge in [-0.05, 0) is 29.0 Å².